The summed E-state index contributed by atoms with van der Waals surface area (Å²) in [7, 11) is 5.29. The van der Waals surface area contributed by atoms with Gasteiger partial charge in [0.1, 0.15) is 0 Å². The van der Waals surface area contributed by atoms with E-state index in [1.165, 1.54) is 0 Å². The summed E-state index contributed by atoms with van der Waals surface area (Å²) >= 11 is 6.34. The van der Waals surface area contributed by atoms with Gasteiger partial charge in [0.25, 0.3) is 0 Å². The minimum absolute atomic E-state index is 0.553. The predicted octanol–water partition coefficient (Wildman–Crippen LogP) is 3.34. The lowest BCUT2D eigenvalue weighted by molar-refractivity contribution is 0.333. The van der Waals surface area contributed by atoms with Gasteiger partial charge in [0, 0.05) is 5.02 Å². The summed E-state index contributed by atoms with van der Waals surface area (Å²) in [5, 5.41) is 9.62. The van der Waals surface area contributed by atoms with E-state index in [4.69, 9.17) is 27.5 Å². The van der Waals surface area contributed by atoms with Crippen LogP contribution in [-0.4, -0.2) is 5.21 Å². The molecular weight excluding hydrogens is 205 g/mol. The van der Waals surface area contributed by atoms with Crippen molar-refractivity contribution in [1.29, 1.82) is 0 Å². The molecule has 1 aromatic carbocycles. The van der Waals surface area contributed by atoms with Gasteiger partial charge in [-0.3, -0.25) is 5.21 Å². The van der Waals surface area contributed by atoms with Gasteiger partial charge in [-0.2, -0.15) is 4.47 Å². The van der Waals surface area contributed by atoms with Gasteiger partial charge in [-0.05, 0) is 28.9 Å². The third-order valence-electron chi connectivity index (χ3n) is 1.09. The molecule has 1 N–H and O–H groups in total. The molecule has 1 aromatic rings. The Morgan fingerprint density at radius 3 is 2.73 bits per heavy atom. The van der Waals surface area contributed by atoms with Crippen molar-refractivity contribution < 1.29 is 5.21 Å². The molecule has 0 radical (unpaired) electrons. The van der Waals surface area contributed by atoms with Crippen LogP contribution in [0.2, 0.25) is 5.02 Å². The van der Waals surface area contributed by atoms with Gasteiger partial charge in [-0.1, -0.05) is 17.7 Å². The van der Waals surface area contributed by atoms with Crippen molar-refractivity contribution in [2.45, 2.75) is 0 Å². The molecule has 0 aliphatic carbocycles. The maximum Gasteiger partial charge on any atom is 0.0882 e. The number of hydrogen-bond donors (Lipinski definition) is 1. The van der Waals surface area contributed by atoms with Crippen LogP contribution in [0.5, 0.6) is 0 Å². The number of benzene rings is 1. The molecule has 0 fully saturated rings. The molecular formula is C6H5Cl2NOS. The van der Waals surface area contributed by atoms with Gasteiger partial charge in [0.15, 0.2) is 0 Å². The molecule has 0 atom stereocenters. The minimum atomic E-state index is 0.553. The summed E-state index contributed by atoms with van der Waals surface area (Å²) in [6.07, 6.45) is 0. The fourth-order valence-electron chi connectivity index (χ4n) is 0.635. The van der Waals surface area contributed by atoms with E-state index >= 15 is 0 Å². The van der Waals surface area contributed by atoms with E-state index < -0.39 is 0 Å². The van der Waals surface area contributed by atoms with Crippen molar-refractivity contribution in [1.82, 2.24) is 0 Å². The van der Waals surface area contributed by atoms with Crippen molar-refractivity contribution in [2.24, 2.45) is 0 Å². The van der Waals surface area contributed by atoms with Gasteiger partial charge in [0.2, 0.25) is 0 Å². The van der Waals surface area contributed by atoms with E-state index in [9.17, 15) is 0 Å². The van der Waals surface area contributed by atoms with Crippen molar-refractivity contribution >= 4 is 39.1 Å². The van der Waals surface area contributed by atoms with Crippen LogP contribution in [0.3, 0.4) is 0 Å². The largest absolute Gasteiger partial charge is 0.277 e. The topological polar surface area (TPSA) is 23.5 Å². The van der Waals surface area contributed by atoms with Crippen molar-refractivity contribution in [3.63, 3.8) is 0 Å². The third-order valence-corrected chi connectivity index (χ3v) is 2.06. The third kappa shape index (κ3) is 2.45. The molecule has 0 aliphatic rings. The normalized spacial score (nSPS) is 9.73. The summed E-state index contributed by atoms with van der Waals surface area (Å²) in [5.74, 6) is 0. The molecule has 1 rings (SSSR count). The first kappa shape index (κ1) is 9.00. The van der Waals surface area contributed by atoms with Crippen LogP contribution < -0.4 is 4.47 Å². The summed E-state index contributed by atoms with van der Waals surface area (Å²) in [6.45, 7) is 0. The quantitative estimate of drug-likeness (QED) is 0.598. The van der Waals surface area contributed by atoms with Crippen molar-refractivity contribution in [2.75, 3.05) is 4.47 Å². The summed E-state index contributed by atoms with van der Waals surface area (Å²) in [5.41, 5.74) is 0.553. The van der Waals surface area contributed by atoms with Crippen molar-refractivity contribution in [3.8, 4) is 0 Å². The van der Waals surface area contributed by atoms with Gasteiger partial charge < -0.3 is 0 Å². The average Bonchev–Trinajstić information content (AvgIpc) is 2.03. The molecule has 0 spiro atoms. The average molecular weight is 210 g/mol. The Morgan fingerprint density at radius 2 is 2.18 bits per heavy atom. The smallest absolute Gasteiger partial charge is 0.0882 e. The first-order valence-corrected chi connectivity index (χ1v) is 4.75. The molecule has 0 bridgehead atoms. The Labute approximate surface area is 78.3 Å². The fourth-order valence-corrected chi connectivity index (χ4v) is 1.25. The number of nitrogens with zero attached hydrogens (tertiary/aromatic N) is 1. The van der Waals surface area contributed by atoms with Gasteiger partial charge >= 0.3 is 0 Å². The highest BCUT2D eigenvalue weighted by molar-refractivity contribution is 8.21. The molecule has 5 heteroatoms. The molecule has 0 amide bonds. The highest BCUT2D eigenvalue weighted by Crippen LogP contribution is 2.24. The standard InChI is InChI=1S/C6H5Cl2NOS/c7-5-2-1-3-6(4-5)9(10)11-8/h1-4,10H. The second kappa shape index (κ2) is 4.07. The molecule has 0 saturated carbocycles. The Bertz CT molecular complexity index is 246. The minimum Gasteiger partial charge on any atom is -0.277 e. The highest BCUT2D eigenvalue weighted by Gasteiger charge is 2.01. The lowest BCUT2D eigenvalue weighted by Crippen LogP contribution is -2.03. The van der Waals surface area contributed by atoms with E-state index in [1.54, 1.807) is 24.3 Å². The van der Waals surface area contributed by atoms with Crippen LogP contribution >= 0.6 is 33.4 Å². The Hall–Kier alpha value is -0.0900. The molecule has 0 saturated heterocycles. The second-order valence-corrected chi connectivity index (χ2v) is 3.16. The summed E-state index contributed by atoms with van der Waals surface area (Å²) in [4.78, 5) is 0. The molecule has 2 nitrogen and oxygen atoms in total. The number of halogens is 2. The monoisotopic (exact) mass is 209 g/mol. The molecule has 0 aliphatic heterocycles. The van der Waals surface area contributed by atoms with E-state index in [0.29, 0.717) is 21.9 Å². The van der Waals surface area contributed by atoms with Gasteiger partial charge in [-0.15, -0.1) is 0 Å². The molecule has 0 heterocycles. The van der Waals surface area contributed by atoms with Crippen LogP contribution in [0.25, 0.3) is 0 Å². The zero-order chi connectivity index (χ0) is 8.27. The summed E-state index contributed by atoms with van der Waals surface area (Å²) < 4.78 is 0.827. The number of hydrogen-bond acceptors (Lipinski definition) is 3. The maximum absolute atomic E-state index is 9.06. The van der Waals surface area contributed by atoms with Crippen LogP contribution in [0.15, 0.2) is 24.3 Å². The first-order chi connectivity index (χ1) is 5.24. The van der Waals surface area contributed by atoms with Gasteiger partial charge in [-0.25, -0.2) is 0 Å². The molecule has 0 aromatic heterocycles. The van der Waals surface area contributed by atoms with E-state index in [0.717, 1.165) is 4.47 Å². The molecule has 11 heavy (non-hydrogen) atoms. The Morgan fingerprint density at radius 1 is 1.45 bits per heavy atom. The molecule has 0 unspecified atom stereocenters. The fraction of sp³-hybridized carbons (Fsp3) is 0. The lowest BCUT2D eigenvalue weighted by atomic mass is 10.3. The predicted molar refractivity (Wildman–Crippen MR) is 49.2 cm³/mol. The Balaban J connectivity index is 2.86. The van der Waals surface area contributed by atoms with Crippen LogP contribution in [0.1, 0.15) is 0 Å². The second-order valence-electron chi connectivity index (χ2n) is 1.82. The van der Waals surface area contributed by atoms with Crippen LogP contribution in [-0.2, 0) is 0 Å². The molecule has 60 valence electrons. The van der Waals surface area contributed by atoms with Gasteiger partial charge in [0.05, 0.1) is 16.8 Å². The van der Waals surface area contributed by atoms with E-state index in [1.807, 2.05) is 0 Å². The first-order valence-electron chi connectivity index (χ1n) is 2.77. The van der Waals surface area contributed by atoms with Crippen LogP contribution in [0, 0.1) is 0 Å². The SMILES string of the molecule is ON(SCl)c1cccc(Cl)c1. The zero-order valence-corrected chi connectivity index (χ0v) is 7.70. The number of anilines is 1. The highest BCUT2D eigenvalue weighted by atomic mass is 35.7. The maximum atomic E-state index is 9.06. The van der Waals surface area contributed by atoms with E-state index in [-0.39, 0.29) is 0 Å². The zero-order valence-electron chi connectivity index (χ0n) is 5.37. The van der Waals surface area contributed by atoms with E-state index in [2.05, 4.69) is 0 Å². The Kier molecular flexibility index (Phi) is 3.33. The van der Waals surface area contributed by atoms with Crippen LogP contribution in [0.4, 0.5) is 5.69 Å². The lowest BCUT2D eigenvalue weighted by Gasteiger charge is -2.10. The number of rotatable bonds is 2. The summed E-state index contributed by atoms with van der Waals surface area (Å²) in [6, 6.07) is 6.75. The van der Waals surface area contributed by atoms with Crippen molar-refractivity contribution in [3.05, 3.63) is 29.3 Å².